The first-order valence-corrected chi connectivity index (χ1v) is 11.2. The molecule has 0 heterocycles. The molecule has 1 aliphatic rings. The van der Waals surface area contributed by atoms with Crippen LogP contribution in [0.15, 0.2) is 54.6 Å². The van der Waals surface area contributed by atoms with Crippen molar-refractivity contribution in [3.63, 3.8) is 0 Å². The van der Waals surface area contributed by atoms with Crippen LogP contribution in [0.5, 0.6) is 11.5 Å². The number of carbonyl (C=O) groups is 3. The summed E-state index contributed by atoms with van der Waals surface area (Å²) in [5, 5.41) is 0. The highest BCUT2D eigenvalue weighted by Gasteiger charge is 2.51. The molecule has 0 aromatic heterocycles. The third kappa shape index (κ3) is 6.12. The zero-order valence-electron chi connectivity index (χ0n) is 19.4. The summed E-state index contributed by atoms with van der Waals surface area (Å²) in [5.41, 5.74) is 0.977. The molecule has 3 atom stereocenters. The molecule has 1 fully saturated rings. The minimum absolute atomic E-state index is 0.0260. The lowest BCUT2D eigenvalue weighted by Gasteiger charge is -2.43. The van der Waals surface area contributed by atoms with E-state index in [9.17, 15) is 14.4 Å². The fourth-order valence-electron chi connectivity index (χ4n) is 4.25. The second-order valence-electron chi connectivity index (χ2n) is 8.23. The average molecular weight is 454 g/mol. The summed E-state index contributed by atoms with van der Waals surface area (Å²) in [5.74, 6) is -0.645. The molecule has 3 rings (SSSR count). The number of benzene rings is 2. The standard InChI is InChI=1S/C26H31NO6/c1-4-14-27(17-18-10-12-20(13-11-18)33-19-8-6-5-7-9-19)25(29)22-15-23(26(30)32-3)21(22)16-24(28)31-2/h5-13,21-23H,4,14-17H2,1-3H3. The van der Waals surface area contributed by atoms with E-state index in [4.69, 9.17) is 14.2 Å². The average Bonchev–Trinajstić information content (AvgIpc) is 2.83. The molecule has 0 N–H and O–H groups in total. The van der Waals surface area contributed by atoms with Gasteiger partial charge in [-0.2, -0.15) is 0 Å². The van der Waals surface area contributed by atoms with Crippen LogP contribution in [0.25, 0.3) is 0 Å². The zero-order valence-corrected chi connectivity index (χ0v) is 19.4. The van der Waals surface area contributed by atoms with Crippen molar-refractivity contribution >= 4 is 17.8 Å². The van der Waals surface area contributed by atoms with Gasteiger partial charge in [-0.3, -0.25) is 14.4 Å². The highest BCUT2D eigenvalue weighted by molar-refractivity contribution is 5.85. The number of esters is 2. The monoisotopic (exact) mass is 453 g/mol. The fraction of sp³-hybridized carbons (Fsp3) is 0.423. The Morgan fingerprint density at radius 1 is 0.909 bits per heavy atom. The molecule has 0 radical (unpaired) electrons. The summed E-state index contributed by atoms with van der Waals surface area (Å²) in [6, 6.07) is 17.2. The Balaban J connectivity index is 1.68. The van der Waals surface area contributed by atoms with E-state index in [2.05, 4.69) is 0 Å². The van der Waals surface area contributed by atoms with Crippen LogP contribution in [0.3, 0.4) is 0 Å². The molecule has 176 valence electrons. The van der Waals surface area contributed by atoms with Crippen LogP contribution in [0.4, 0.5) is 0 Å². The summed E-state index contributed by atoms with van der Waals surface area (Å²) in [6.45, 7) is 3.05. The van der Waals surface area contributed by atoms with Crippen molar-refractivity contribution in [3.8, 4) is 11.5 Å². The van der Waals surface area contributed by atoms with E-state index in [0.29, 0.717) is 19.5 Å². The SMILES string of the molecule is CCCN(Cc1ccc(Oc2ccccc2)cc1)C(=O)C1CC(C(=O)OC)C1CC(=O)OC. The fourth-order valence-corrected chi connectivity index (χ4v) is 4.25. The van der Waals surface area contributed by atoms with E-state index in [1.54, 1.807) is 4.90 Å². The molecule has 7 nitrogen and oxygen atoms in total. The molecule has 7 heteroatoms. The lowest BCUT2D eigenvalue weighted by atomic mass is 9.62. The third-order valence-electron chi connectivity index (χ3n) is 6.07. The summed E-state index contributed by atoms with van der Waals surface area (Å²) < 4.78 is 15.5. The Hall–Kier alpha value is -3.35. The molecule has 0 aliphatic heterocycles. The maximum Gasteiger partial charge on any atom is 0.309 e. The van der Waals surface area contributed by atoms with Crippen molar-refractivity contribution in [1.29, 1.82) is 0 Å². The number of nitrogens with zero attached hydrogens (tertiary/aromatic N) is 1. The summed E-state index contributed by atoms with van der Waals surface area (Å²) >= 11 is 0. The van der Waals surface area contributed by atoms with Gasteiger partial charge in [0, 0.05) is 25.4 Å². The Morgan fingerprint density at radius 2 is 1.58 bits per heavy atom. The van der Waals surface area contributed by atoms with Crippen LogP contribution in [-0.2, 0) is 30.4 Å². The van der Waals surface area contributed by atoms with Crippen molar-refractivity contribution in [2.75, 3.05) is 20.8 Å². The van der Waals surface area contributed by atoms with E-state index in [-0.39, 0.29) is 18.3 Å². The topological polar surface area (TPSA) is 82.1 Å². The van der Waals surface area contributed by atoms with Crippen molar-refractivity contribution in [1.82, 2.24) is 4.90 Å². The van der Waals surface area contributed by atoms with Gasteiger partial charge in [-0.05, 0) is 48.6 Å². The van der Waals surface area contributed by atoms with Gasteiger partial charge in [0.05, 0.1) is 20.1 Å². The summed E-state index contributed by atoms with van der Waals surface area (Å²) in [6.07, 6.45) is 1.21. The number of amides is 1. The first kappa shape index (κ1) is 24.3. The van der Waals surface area contributed by atoms with Crippen LogP contribution >= 0.6 is 0 Å². The molecular formula is C26H31NO6. The van der Waals surface area contributed by atoms with Gasteiger partial charge in [-0.15, -0.1) is 0 Å². The van der Waals surface area contributed by atoms with E-state index >= 15 is 0 Å². The summed E-state index contributed by atoms with van der Waals surface area (Å²) in [4.78, 5) is 39.1. The second-order valence-corrected chi connectivity index (χ2v) is 8.23. The zero-order chi connectivity index (χ0) is 23.8. The highest BCUT2D eigenvalue weighted by atomic mass is 16.5. The molecule has 3 unspecified atom stereocenters. The lowest BCUT2D eigenvalue weighted by molar-refractivity contribution is -0.164. The molecule has 0 saturated heterocycles. The second kappa shape index (κ2) is 11.5. The van der Waals surface area contributed by atoms with Crippen molar-refractivity contribution in [2.45, 2.75) is 32.7 Å². The van der Waals surface area contributed by atoms with Gasteiger partial charge in [0.1, 0.15) is 11.5 Å². The smallest absolute Gasteiger partial charge is 0.309 e. The maximum absolute atomic E-state index is 13.4. The Bertz CT molecular complexity index is 943. The lowest BCUT2D eigenvalue weighted by Crippen LogP contribution is -2.51. The van der Waals surface area contributed by atoms with E-state index in [0.717, 1.165) is 23.5 Å². The minimum Gasteiger partial charge on any atom is -0.469 e. The molecule has 2 aromatic rings. The predicted molar refractivity (Wildman–Crippen MR) is 122 cm³/mol. The molecule has 0 bridgehead atoms. The first-order valence-electron chi connectivity index (χ1n) is 11.2. The molecule has 1 amide bonds. The molecule has 1 aliphatic carbocycles. The van der Waals surface area contributed by atoms with E-state index < -0.39 is 23.7 Å². The van der Waals surface area contributed by atoms with Gasteiger partial charge in [0.15, 0.2) is 0 Å². The Kier molecular flexibility index (Phi) is 8.46. The number of ether oxygens (including phenoxy) is 3. The van der Waals surface area contributed by atoms with Gasteiger partial charge in [-0.1, -0.05) is 37.3 Å². The van der Waals surface area contributed by atoms with E-state index in [1.807, 2.05) is 61.5 Å². The van der Waals surface area contributed by atoms with Crippen molar-refractivity contribution in [2.24, 2.45) is 17.8 Å². The third-order valence-corrected chi connectivity index (χ3v) is 6.07. The van der Waals surface area contributed by atoms with Gasteiger partial charge >= 0.3 is 11.9 Å². The minimum atomic E-state index is -0.457. The van der Waals surface area contributed by atoms with Crippen LogP contribution in [-0.4, -0.2) is 43.5 Å². The molecule has 0 spiro atoms. The van der Waals surface area contributed by atoms with Crippen molar-refractivity contribution in [3.05, 3.63) is 60.2 Å². The number of hydrogen-bond acceptors (Lipinski definition) is 6. The largest absolute Gasteiger partial charge is 0.469 e. The van der Waals surface area contributed by atoms with Gasteiger partial charge in [0.2, 0.25) is 5.91 Å². The molecular weight excluding hydrogens is 422 g/mol. The molecule has 1 saturated carbocycles. The molecule has 2 aromatic carbocycles. The molecule has 33 heavy (non-hydrogen) atoms. The van der Waals surface area contributed by atoms with Crippen LogP contribution in [0, 0.1) is 17.8 Å². The normalized spacial score (nSPS) is 19.2. The Labute approximate surface area is 194 Å². The van der Waals surface area contributed by atoms with Crippen molar-refractivity contribution < 1.29 is 28.6 Å². The van der Waals surface area contributed by atoms with E-state index in [1.165, 1.54) is 14.2 Å². The maximum atomic E-state index is 13.4. The number of carbonyl (C=O) groups excluding carboxylic acids is 3. The highest BCUT2D eigenvalue weighted by Crippen LogP contribution is 2.45. The predicted octanol–water partition coefficient (Wildman–Crippen LogP) is 4.21. The Morgan fingerprint density at radius 3 is 2.18 bits per heavy atom. The first-order chi connectivity index (χ1) is 16.0. The number of hydrogen-bond donors (Lipinski definition) is 0. The van der Waals surface area contributed by atoms with Gasteiger partial charge in [0.25, 0.3) is 0 Å². The quantitative estimate of drug-likeness (QED) is 0.502. The van der Waals surface area contributed by atoms with Gasteiger partial charge < -0.3 is 19.1 Å². The number of methoxy groups -OCH3 is 2. The van der Waals surface area contributed by atoms with Crippen LogP contribution in [0.1, 0.15) is 31.7 Å². The number of rotatable bonds is 10. The van der Waals surface area contributed by atoms with Crippen LogP contribution in [0.2, 0.25) is 0 Å². The number of para-hydroxylation sites is 1. The van der Waals surface area contributed by atoms with Crippen LogP contribution < -0.4 is 4.74 Å². The van der Waals surface area contributed by atoms with Gasteiger partial charge in [-0.25, -0.2) is 0 Å². The summed E-state index contributed by atoms with van der Waals surface area (Å²) in [7, 11) is 2.63.